The summed E-state index contributed by atoms with van der Waals surface area (Å²) in [6.45, 7) is 0. The number of rotatable bonds is 0. The van der Waals surface area contributed by atoms with Crippen LogP contribution in [0.1, 0.15) is 16.5 Å². The molecule has 0 aliphatic heterocycles. The highest BCUT2D eigenvalue weighted by atomic mass is 35.5. The zero-order chi connectivity index (χ0) is 6.97. The number of allylic oxidation sites excluding steroid dienone is 1. The first-order valence-electron chi connectivity index (χ1n) is 3.29. The van der Waals surface area contributed by atoms with E-state index < -0.39 is 0 Å². The van der Waals surface area contributed by atoms with Gasteiger partial charge >= 0.3 is 0 Å². The highest BCUT2D eigenvalue weighted by molar-refractivity contribution is 6.23. The van der Waals surface area contributed by atoms with Gasteiger partial charge in [0.25, 0.3) is 0 Å². The summed E-state index contributed by atoms with van der Waals surface area (Å²) in [5, 5.41) is 0.0937. The van der Waals surface area contributed by atoms with E-state index in [0.29, 0.717) is 0 Å². The maximum atomic E-state index is 5.96. The fourth-order valence-corrected chi connectivity index (χ4v) is 1.48. The first-order valence-corrected chi connectivity index (χ1v) is 3.73. The molecule has 0 spiro atoms. The van der Waals surface area contributed by atoms with Crippen LogP contribution in [-0.2, 0) is 0 Å². The Labute approximate surface area is 65.1 Å². The molecule has 0 saturated heterocycles. The van der Waals surface area contributed by atoms with Crippen molar-refractivity contribution in [3.63, 3.8) is 0 Å². The molecule has 0 unspecified atom stereocenters. The van der Waals surface area contributed by atoms with Gasteiger partial charge in [0.05, 0.1) is 5.38 Å². The molecule has 1 aliphatic carbocycles. The van der Waals surface area contributed by atoms with Gasteiger partial charge in [-0.1, -0.05) is 36.4 Å². The van der Waals surface area contributed by atoms with Crippen molar-refractivity contribution in [3.05, 3.63) is 41.5 Å². The van der Waals surface area contributed by atoms with Crippen LogP contribution >= 0.6 is 11.6 Å². The fourth-order valence-electron chi connectivity index (χ4n) is 1.21. The molecule has 0 heterocycles. The fraction of sp³-hybridized carbons (Fsp3) is 0.111. The van der Waals surface area contributed by atoms with E-state index >= 15 is 0 Å². The second-order valence-electron chi connectivity index (χ2n) is 2.39. The highest BCUT2D eigenvalue weighted by Crippen LogP contribution is 2.32. The van der Waals surface area contributed by atoms with E-state index in [4.69, 9.17) is 11.6 Å². The van der Waals surface area contributed by atoms with Crippen molar-refractivity contribution >= 4 is 17.7 Å². The van der Waals surface area contributed by atoms with Crippen molar-refractivity contribution < 1.29 is 0 Å². The van der Waals surface area contributed by atoms with Crippen LogP contribution in [0, 0.1) is 0 Å². The van der Waals surface area contributed by atoms with Crippen LogP contribution in [0.5, 0.6) is 0 Å². The lowest BCUT2D eigenvalue weighted by Gasteiger charge is -1.99. The van der Waals surface area contributed by atoms with Gasteiger partial charge in [0, 0.05) is 0 Å². The van der Waals surface area contributed by atoms with Gasteiger partial charge in [0.1, 0.15) is 0 Å². The predicted octanol–water partition coefficient (Wildman–Crippen LogP) is 2.99. The van der Waals surface area contributed by atoms with Crippen LogP contribution in [0.3, 0.4) is 0 Å². The average molecular weight is 151 g/mol. The maximum absolute atomic E-state index is 5.96. The van der Waals surface area contributed by atoms with Crippen molar-refractivity contribution in [2.75, 3.05) is 0 Å². The third-order valence-electron chi connectivity index (χ3n) is 1.74. The first kappa shape index (κ1) is 5.99. The minimum Gasteiger partial charge on any atom is -0.113 e. The van der Waals surface area contributed by atoms with Crippen LogP contribution in [0.25, 0.3) is 6.08 Å². The SMILES string of the molecule is Cl[C@@H]1C=Cc2ccccc21. The van der Waals surface area contributed by atoms with E-state index in [0.717, 1.165) is 0 Å². The van der Waals surface area contributed by atoms with Gasteiger partial charge in [-0.25, -0.2) is 0 Å². The Hall–Kier alpha value is -0.750. The highest BCUT2D eigenvalue weighted by Gasteiger charge is 2.12. The molecule has 1 aromatic carbocycles. The van der Waals surface area contributed by atoms with Gasteiger partial charge < -0.3 is 0 Å². The molecular weight excluding hydrogens is 144 g/mol. The lowest BCUT2D eigenvalue weighted by Crippen LogP contribution is -1.81. The minimum absolute atomic E-state index is 0.0937. The molecular formula is C9H7Cl. The summed E-state index contributed by atoms with van der Waals surface area (Å²) in [5.41, 5.74) is 2.48. The average Bonchev–Trinajstić information content (AvgIpc) is 2.34. The summed E-state index contributed by atoms with van der Waals surface area (Å²) in [7, 11) is 0. The van der Waals surface area contributed by atoms with Gasteiger partial charge in [-0.3, -0.25) is 0 Å². The van der Waals surface area contributed by atoms with E-state index in [-0.39, 0.29) is 5.38 Å². The van der Waals surface area contributed by atoms with E-state index in [1.807, 2.05) is 18.2 Å². The molecule has 2 rings (SSSR count). The molecule has 0 bridgehead atoms. The van der Waals surface area contributed by atoms with Crippen molar-refractivity contribution in [1.82, 2.24) is 0 Å². The number of hydrogen-bond acceptors (Lipinski definition) is 0. The number of hydrogen-bond donors (Lipinski definition) is 0. The van der Waals surface area contributed by atoms with Crippen LogP contribution in [0.2, 0.25) is 0 Å². The molecule has 0 nitrogen and oxygen atoms in total. The number of fused-ring (bicyclic) bond motifs is 1. The third kappa shape index (κ3) is 0.764. The number of halogens is 1. The van der Waals surface area contributed by atoms with Gasteiger partial charge in [-0.05, 0) is 11.1 Å². The molecule has 1 atom stereocenters. The Balaban J connectivity index is 2.59. The van der Waals surface area contributed by atoms with Gasteiger partial charge in [0.15, 0.2) is 0 Å². The Kier molecular flexibility index (Phi) is 1.28. The molecule has 0 saturated carbocycles. The van der Waals surface area contributed by atoms with Gasteiger partial charge in [0.2, 0.25) is 0 Å². The molecule has 1 aromatic rings. The van der Waals surface area contributed by atoms with Gasteiger partial charge in [-0.15, -0.1) is 11.6 Å². The zero-order valence-corrected chi connectivity index (χ0v) is 6.18. The summed E-state index contributed by atoms with van der Waals surface area (Å²) in [6.07, 6.45) is 4.07. The lowest BCUT2D eigenvalue weighted by atomic mass is 10.1. The van der Waals surface area contributed by atoms with Crippen molar-refractivity contribution in [2.45, 2.75) is 5.38 Å². The Bertz CT molecular complexity index is 276. The number of benzene rings is 1. The summed E-state index contributed by atoms with van der Waals surface area (Å²) >= 11 is 5.96. The Morgan fingerprint density at radius 1 is 1.20 bits per heavy atom. The van der Waals surface area contributed by atoms with Crippen LogP contribution < -0.4 is 0 Å². The smallest absolute Gasteiger partial charge is 0.0775 e. The molecule has 0 fully saturated rings. The summed E-state index contributed by atoms with van der Waals surface area (Å²) in [4.78, 5) is 0. The van der Waals surface area contributed by atoms with E-state index in [1.165, 1.54) is 11.1 Å². The summed E-state index contributed by atoms with van der Waals surface area (Å²) < 4.78 is 0. The van der Waals surface area contributed by atoms with E-state index in [2.05, 4.69) is 18.2 Å². The quantitative estimate of drug-likeness (QED) is 0.499. The monoisotopic (exact) mass is 150 g/mol. The van der Waals surface area contributed by atoms with Crippen molar-refractivity contribution in [2.24, 2.45) is 0 Å². The van der Waals surface area contributed by atoms with Crippen molar-refractivity contribution in [1.29, 1.82) is 0 Å². The first-order chi connectivity index (χ1) is 4.88. The lowest BCUT2D eigenvalue weighted by molar-refractivity contribution is 1.25. The summed E-state index contributed by atoms with van der Waals surface area (Å²) in [5.74, 6) is 0. The third-order valence-corrected chi connectivity index (χ3v) is 2.12. The van der Waals surface area contributed by atoms with Crippen LogP contribution in [-0.4, -0.2) is 0 Å². The molecule has 50 valence electrons. The second kappa shape index (κ2) is 2.14. The van der Waals surface area contributed by atoms with E-state index in [1.54, 1.807) is 0 Å². The van der Waals surface area contributed by atoms with Crippen molar-refractivity contribution in [3.8, 4) is 0 Å². The largest absolute Gasteiger partial charge is 0.113 e. The summed E-state index contributed by atoms with van der Waals surface area (Å²) in [6, 6.07) is 8.18. The second-order valence-corrected chi connectivity index (χ2v) is 2.86. The molecule has 0 N–H and O–H groups in total. The Morgan fingerprint density at radius 2 is 2.00 bits per heavy atom. The molecule has 0 radical (unpaired) electrons. The topological polar surface area (TPSA) is 0 Å². The normalized spacial score (nSPS) is 21.1. The molecule has 1 aliphatic rings. The zero-order valence-electron chi connectivity index (χ0n) is 5.42. The maximum Gasteiger partial charge on any atom is 0.0775 e. The minimum atomic E-state index is 0.0937. The standard InChI is InChI=1S/C9H7Cl/c10-9-6-5-7-3-1-2-4-8(7)9/h1-6,9H/t9-/m1/s1. The molecule has 1 heteroatoms. The van der Waals surface area contributed by atoms with Gasteiger partial charge in [-0.2, -0.15) is 0 Å². The predicted molar refractivity (Wildman–Crippen MR) is 44.1 cm³/mol. The van der Waals surface area contributed by atoms with E-state index in [9.17, 15) is 0 Å². The Morgan fingerprint density at radius 3 is 2.80 bits per heavy atom. The van der Waals surface area contributed by atoms with Crippen LogP contribution in [0.15, 0.2) is 30.3 Å². The molecule has 10 heavy (non-hydrogen) atoms. The van der Waals surface area contributed by atoms with Crippen LogP contribution in [0.4, 0.5) is 0 Å². The number of alkyl halides is 1. The molecule has 0 aromatic heterocycles. The molecule has 0 amide bonds.